The van der Waals surface area contributed by atoms with Gasteiger partial charge in [-0.1, -0.05) is 6.07 Å². The van der Waals surface area contributed by atoms with Crippen molar-refractivity contribution in [1.82, 2.24) is 5.32 Å². The molecule has 0 atom stereocenters. The number of hydrogen-bond acceptors (Lipinski definition) is 2. The fraction of sp³-hybridized carbons (Fsp3) is 0.500. The predicted molar refractivity (Wildman–Crippen MR) is 60.7 cm³/mol. The quantitative estimate of drug-likeness (QED) is 0.818. The van der Waals surface area contributed by atoms with Gasteiger partial charge in [0.25, 0.3) is 0 Å². The Morgan fingerprint density at radius 3 is 2.40 bits per heavy atom. The van der Waals surface area contributed by atoms with Crippen molar-refractivity contribution in [1.29, 1.82) is 0 Å². The Morgan fingerprint density at radius 2 is 2.00 bits per heavy atom. The number of halogens is 1. The molecule has 1 fully saturated rings. The van der Waals surface area contributed by atoms with Gasteiger partial charge < -0.3 is 10.2 Å². The highest BCUT2D eigenvalue weighted by Gasteiger charge is 2.42. The first-order valence-corrected chi connectivity index (χ1v) is 5.25. The number of nitrogens with one attached hydrogen (secondary N) is 1. The average Bonchev–Trinajstić information content (AvgIpc) is 2.97. The Balaban J connectivity index is 2.34. The van der Waals surface area contributed by atoms with Gasteiger partial charge in [-0.3, -0.25) is 0 Å². The second-order valence-corrected chi connectivity index (χ2v) is 4.39. The van der Waals surface area contributed by atoms with Crippen LogP contribution in [0.5, 0.6) is 0 Å². The van der Waals surface area contributed by atoms with Crippen LogP contribution in [0.15, 0.2) is 18.2 Å². The van der Waals surface area contributed by atoms with Gasteiger partial charge >= 0.3 is 0 Å². The zero-order chi connectivity index (χ0) is 11.1. The lowest BCUT2D eigenvalue weighted by Gasteiger charge is -2.18. The third-order valence-electron chi connectivity index (χ3n) is 3.21. The molecule has 0 aromatic heterocycles. The Bertz CT molecular complexity index is 370. The van der Waals surface area contributed by atoms with Crippen molar-refractivity contribution >= 4 is 5.69 Å². The first-order valence-electron chi connectivity index (χ1n) is 5.25. The van der Waals surface area contributed by atoms with Crippen LogP contribution < -0.4 is 10.2 Å². The summed E-state index contributed by atoms with van der Waals surface area (Å²) in [5.74, 6) is -0.140. The van der Waals surface area contributed by atoms with E-state index in [1.165, 1.54) is 0 Å². The normalized spacial score (nSPS) is 17.6. The summed E-state index contributed by atoms with van der Waals surface area (Å²) in [6.45, 7) is 0. The zero-order valence-corrected chi connectivity index (χ0v) is 9.47. The first kappa shape index (κ1) is 10.4. The molecule has 0 spiro atoms. The van der Waals surface area contributed by atoms with E-state index < -0.39 is 0 Å². The molecule has 0 radical (unpaired) electrons. The van der Waals surface area contributed by atoms with Gasteiger partial charge in [0.2, 0.25) is 0 Å². The molecule has 2 nitrogen and oxygen atoms in total. The van der Waals surface area contributed by atoms with Crippen molar-refractivity contribution in [2.75, 3.05) is 26.0 Å². The Morgan fingerprint density at radius 1 is 1.33 bits per heavy atom. The summed E-state index contributed by atoms with van der Waals surface area (Å²) in [4.78, 5) is 1.79. The minimum atomic E-state index is -0.140. The molecule has 0 amide bonds. The fourth-order valence-electron chi connectivity index (χ4n) is 1.98. The summed E-state index contributed by atoms with van der Waals surface area (Å²) >= 11 is 0. The topological polar surface area (TPSA) is 15.3 Å². The Hall–Kier alpha value is -1.09. The molecule has 3 heteroatoms. The Kier molecular flexibility index (Phi) is 2.43. The van der Waals surface area contributed by atoms with Crippen molar-refractivity contribution in [3.05, 3.63) is 29.6 Å². The van der Waals surface area contributed by atoms with Gasteiger partial charge in [0.1, 0.15) is 5.82 Å². The summed E-state index contributed by atoms with van der Waals surface area (Å²) in [6, 6.07) is 5.52. The van der Waals surface area contributed by atoms with Crippen molar-refractivity contribution < 1.29 is 4.39 Å². The van der Waals surface area contributed by atoms with Crippen molar-refractivity contribution in [2.24, 2.45) is 0 Å². The summed E-state index contributed by atoms with van der Waals surface area (Å²) in [5.41, 5.74) is 1.75. The molecular weight excluding hydrogens is 191 g/mol. The van der Waals surface area contributed by atoms with Crippen LogP contribution in [0.2, 0.25) is 0 Å². The maximum Gasteiger partial charge on any atom is 0.146 e. The van der Waals surface area contributed by atoms with Crippen LogP contribution in [-0.4, -0.2) is 21.1 Å². The largest absolute Gasteiger partial charge is 0.375 e. The van der Waals surface area contributed by atoms with E-state index in [0.717, 1.165) is 18.4 Å². The van der Waals surface area contributed by atoms with Crippen LogP contribution in [0.3, 0.4) is 0 Å². The zero-order valence-electron chi connectivity index (χ0n) is 9.47. The molecule has 82 valence electrons. The molecule has 15 heavy (non-hydrogen) atoms. The second kappa shape index (κ2) is 3.49. The van der Waals surface area contributed by atoms with E-state index in [4.69, 9.17) is 0 Å². The molecule has 2 rings (SSSR count). The van der Waals surface area contributed by atoms with Crippen molar-refractivity contribution in [3.63, 3.8) is 0 Å². The van der Waals surface area contributed by atoms with Crippen LogP contribution in [0, 0.1) is 5.82 Å². The predicted octanol–water partition coefficient (Wildman–Crippen LogP) is 2.10. The number of benzene rings is 1. The summed E-state index contributed by atoms with van der Waals surface area (Å²) in [7, 11) is 5.64. The third kappa shape index (κ3) is 1.72. The molecule has 1 aromatic carbocycles. The lowest BCUT2D eigenvalue weighted by molar-refractivity contribution is 0.571. The number of rotatable bonds is 3. The lowest BCUT2D eigenvalue weighted by atomic mass is 10.0. The van der Waals surface area contributed by atoms with Crippen LogP contribution in [-0.2, 0) is 5.54 Å². The number of anilines is 1. The molecule has 1 aliphatic carbocycles. The highest BCUT2D eigenvalue weighted by Crippen LogP contribution is 2.45. The minimum absolute atomic E-state index is 0.0473. The van der Waals surface area contributed by atoms with Crippen molar-refractivity contribution in [2.45, 2.75) is 18.4 Å². The van der Waals surface area contributed by atoms with Gasteiger partial charge in [-0.2, -0.15) is 0 Å². The number of hydrogen-bond donors (Lipinski definition) is 1. The van der Waals surface area contributed by atoms with E-state index in [0.29, 0.717) is 5.69 Å². The van der Waals surface area contributed by atoms with E-state index >= 15 is 0 Å². The van der Waals surface area contributed by atoms with Gasteiger partial charge in [0.15, 0.2) is 0 Å². The minimum Gasteiger partial charge on any atom is -0.375 e. The maximum atomic E-state index is 13.7. The average molecular weight is 208 g/mol. The molecule has 1 N–H and O–H groups in total. The molecule has 0 aliphatic heterocycles. The number of nitrogens with zero attached hydrogens (tertiary/aromatic N) is 1. The molecular formula is C12H17FN2. The van der Waals surface area contributed by atoms with Crippen LogP contribution in [0.4, 0.5) is 10.1 Å². The van der Waals surface area contributed by atoms with E-state index in [9.17, 15) is 4.39 Å². The van der Waals surface area contributed by atoms with Gasteiger partial charge in [0, 0.05) is 19.6 Å². The van der Waals surface area contributed by atoms with Crippen LogP contribution in [0.25, 0.3) is 0 Å². The molecule has 0 heterocycles. The molecule has 1 aromatic rings. The highest BCUT2D eigenvalue weighted by molar-refractivity contribution is 5.49. The smallest absolute Gasteiger partial charge is 0.146 e. The maximum absolute atomic E-state index is 13.7. The Labute approximate surface area is 90.1 Å². The standard InChI is InChI=1S/C12H17FN2/c1-14-12(6-7-12)9-4-5-11(15(2)3)10(13)8-9/h4-5,8,14H,6-7H2,1-3H3. The van der Waals surface area contributed by atoms with E-state index in [1.807, 2.05) is 33.3 Å². The summed E-state index contributed by atoms with van der Waals surface area (Å²) in [5, 5.41) is 3.26. The molecule has 0 saturated heterocycles. The van der Waals surface area contributed by atoms with E-state index in [-0.39, 0.29) is 11.4 Å². The molecule has 1 aliphatic rings. The third-order valence-corrected chi connectivity index (χ3v) is 3.21. The molecule has 0 bridgehead atoms. The first-order chi connectivity index (χ1) is 7.09. The van der Waals surface area contributed by atoms with Crippen LogP contribution >= 0.6 is 0 Å². The fourth-order valence-corrected chi connectivity index (χ4v) is 1.98. The van der Waals surface area contributed by atoms with Gasteiger partial charge in [-0.25, -0.2) is 4.39 Å². The lowest BCUT2D eigenvalue weighted by Crippen LogP contribution is -2.24. The van der Waals surface area contributed by atoms with E-state index in [1.54, 1.807) is 11.0 Å². The van der Waals surface area contributed by atoms with Gasteiger partial charge in [-0.05, 0) is 37.6 Å². The SMILES string of the molecule is CNC1(c2ccc(N(C)C)c(F)c2)CC1. The summed E-state index contributed by atoms with van der Waals surface area (Å²) in [6.07, 6.45) is 2.20. The van der Waals surface area contributed by atoms with E-state index in [2.05, 4.69) is 5.32 Å². The van der Waals surface area contributed by atoms with Gasteiger partial charge in [0.05, 0.1) is 5.69 Å². The summed E-state index contributed by atoms with van der Waals surface area (Å²) < 4.78 is 13.7. The molecule has 1 saturated carbocycles. The van der Waals surface area contributed by atoms with Crippen molar-refractivity contribution in [3.8, 4) is 0 Å². The monoisotopic (exact) mass is 208 g/mol. The second-order valence-electron chi connectivity index (χ2n) is 4.39. The van der Waals surface area contributed by atoms with Crippen LogP contribution in [0.1, 0.15) is 18.4 Å². The molecule has 0 unspecified atom stereocenters. The highest BCUT2D eigenvalue weighted by atomic mass is 19.1. The van der Waals surface area contributed by atoms with Gasteiger partial charge in [-0.15, -0.1) is 0 Å².